The smallest absolute Gasteiger partial charge is 0.251 e. The third-order valence-corrected chi connectivity index (χ3v) is 5.32. The van der Waals surface area contributed by atoms with Crippen LogP contribution in [0.1, 0.15) is 36.8 Å². The van der Waals surface area contributed by atoms with E-state index in [1.807, 2.05) is 6.07 Å². The monoisotopic (exact) mass is 365 g/mol. The molecule has 0 radical (unpaired) electrons. The SMILES string of the molecule is N#Cc1ccc(CN2CCC(C(=O)N3CCC(F)(F)CC3)CC2)c(F)c1. The van der Waals surface area contributed by atoms with Crippen LogP contribution >= 0.6 is 0 Å². The van der Waals surface area contributed by atoms with Gasteiger partial charge in [-0.05, 0) is 38.1 Å². The molecule has 2 heterocycles. The lowest BCUT2D eigenvalue weighted by molar-refractivity contribution is -0.143. The van der Waals surface area contributed by atoms with Gasteiger partial charge >= 0.3 is 0 Å². The summed E-state index contributed by atoms with van der Waals surface area (Å²) in [6.45, 7) is 2.03. The summed E-state index contributed by atoms with van der Waals surface area (Å²) in [5, 5.41) is 8.79. The first kappa shape index (κ1) is 18.7. The molecule has 0 unspecified atom stereocenters. The molecule has 4 nitrogen and oxygen atoms in total. The second kappa shape index (κ2) is 7.67. The van der Waals surface area contributed by atoms with Gasteiger partial charge in [0, 0.05) is 44.0 Å². The molecule has 3 rings (SSSR count). The van der Waals surface area contributed by atoms with Crippen molar-refractivity contribution >= 4 is 5.91 Å². The number of alkyl halides is 2. The van der Waals surface area contributed by atoms with Crippen LogP contribution in [0.15, 0.2) is 18.2 Å². The summed E-state index contributed by atoms with van der Waals surface area (Å²) in [6, 6.07) is 6.37. The maximum absolute atomic E-state index is 14.0. The number of carbonyl (C=O) groups excluding carboxylic acids is 1. The predicted molar refractivity (Wildman–Crippen MR) is 89.9 cm³/mol. The first-order valence-electron chi connectivity index (χ1n) is 8.95. The highest BCUT2D eigenvalue weighted by Crippen LogP contribution is 2.30. The van der Waals surface area contributed by atoms with Crippen molar-refractivity contribution in [3.8, 4) is 6.07 Å². The summed E-state index contributed by atoms with van der Waals surface area (Å²) < 4.78 is 40.5. The van der Waals surface area contributed by atoms with E-state index in [0.717, 1.165) is 0 Å². The van der Waals surface area contributed by atoms with Crippen molar-refractivity contribution in [1.82, 2.24) is 9.80 Å². The van der Waals surface area contributed by atoms with Gasteiger partial charge in [-0.15, -0.1) is 0 Å². The Balaban J connectivity index is 1.50. The highest BCUT2D eigenvalue weighted by Gasteiger charge is 2.37. The van der Waals surface area contributed by atoms with Gasteiger partial charge in [-0.2, -0.15) is 5.26 Å². The predicted octanol–water partition coefficient (Wildman–Crippen LogP) is 3.17. The fraction of sp³-hybridized carbons (Fsp3) is 0.579. The van der Waals surface area contributed by atoms with E-state index in [4.69, 9.17) is 5.26 Å². The largest absolute Gasteiger partial charge is 0.342 e. The number of benzene rings is 1. The van der Waals surface area contributed by atoms with E-state index in [9.17, 15) is 18.0 Å². The first-order valence-corrected chi connectivity index (χ1v) is 8.95. The van der Waals surface area contributed by atoms with Gasteiger partial charge in [0.1, 0.15) is 5.82 Å². The van der Waals surface area contributed by atoms with Crippen LogP contribution in [0.3, 0.4) is 0 Å². The molecular formula is C19H22F3N3O. The van der Waals surface area contributed by atoms with E-state index in [0.29, 0.717) is 43.6 Å². The van der Waals surface area contributed by atoms with Gasteiger partial charge in [0.15, 0.2) is 0 Å². The molecule has 2 saturated heterocycles. The summed E-state index contributed by atoms with van der Waals surface area (Å²) in [6.07, 6.45) is 0.804. The zero-order chi connectivity index (χ0) is 18.7. The number of nitrogens with zero attached hydrogens (tertiary/aromatic N) is 3. The maximum Gasteiger partial charge on any atom is 0.251 e. The van der Waals surface area contributed by atoms with E-state index in [-0.39, 0.29) is 37.8 Å². The maximum atomic E-state index is 14.0. The Kier molecular flexibility index (Phi) is 5.52. The number of hydrogen-bond donors (Lipinski definition) is 0. The fourth-order valence-electron chi connectivity index (χ4n) is 3.64. The normalized spacial score (nSPS) is 21.4. The standard InChI is InChI=1S/C19H22F3N3O/c20-17-11-14(12-23)1-2-16(17)13-24-7-3-15(4-8-24)18(26)25-9-5-19(21,22)6-10-25/h1-2,11,15H,3-10,13H2. The average Bonchev–Trinajstić information content (AvgIpc) is 2.63. The van der Waals surface area contributed by atoms with Crippen molar-refractivity contribution in [2.24, 2.45) is 5.92 Å². The minimum atomic E-state index is -2.65. The molecule has 0 atom stereocenters. The topological polar surface area (TPSA) is 47.3 Å². The Morgan fingerprint density at radius 2 is 1.85 bits per heavy atom. The summed E-state index contributed by atoms with van der Waals surface area (Å²) in [5.41, 5.74) is 0.828. The number of halogens is 3. The number of nitriles is 1. The number of rotatable bonds is 3. The van der Waals surface area contributed by atoms with Crippen molar-refractivity contribution in [2.45, 2.75) is 38.2 Å². The van der Waals surface area contributed by atoms with E-state index in [1.165, 1.54) is 6.07 Å². The molecule has 0 aromatic heterocycles. The van der Waals surface area contributed by atoms with Gasteiger partial charge in [-0.25, -0.2) is 13.2 Å². The molecule has 26 heavy (non-hydrogen) atoms. The number of likely N-dealkylation sites (tertiary alicyclic amines) is 2. The van der Waals surface area contributed by atoms with Crippen LogP contribution in [0.5, 0.6) is 0 Å². The van der Waals surface area contributed by atoms with Gasteiger partial charge in [0.05, 0.1) is 11.6 Å². The van der Waals surface area contributed by atoms with Gasteiger partial charge in [-0.3, -0.25) is 9.69 Å². The first-order chi connectivity index (χ1) is 12.4. The lowest BCUT2D eigenvalue weighted by Crippen LogP contribution is -2.47. The molecule has 0 saturated carbocycles. The van der Waals surface area contributed by atoms with E-state index in [2.05, 4.69) is 4.90 Å². The summed E-state index contributed by atoms with van der Waals surface area (Å²) in [7, 11) is 0. The Labute approximate surface area is 151 Å². The molecule has 2 aliphatic heterocycles. The number of amides is 1. The zero-order valence-electron chi connectivity index (χ0n) is 14.6. The van der Waals surface area contributed by atoms with Crippen LogP contribution in [0.2, 0.25) is 0 Å². The lowest BCUT2D eigenvalue weighted by atomic mass is 9.93. The summed E-state index contributed by atoms with van der Waals surface area (Å²) in [5.74, 6) is -3.20. The molecular weight excluding hydrogens is 343 g/mol. The van der Waals surface area contributed by atoms with Crippen LogP contribution in [0.25, 0.3) is 0 Å². The van der Waals surface area contributed by atoms with Crippen LogP contribution in [-0.4, -0.2) is 47.8 Å². The molecule has 7 heteroatoms. The minimum absolute atomic E-state index is 0.0234. The summed E-state index contributed by atoms with van der Waals surface area (Å²) in [4.78, 5) is 16.2. The second-order valence-corrected chi connectivity index (χ2v) is 7.15. The molecule has 1 aromatic carbocycles. The molecule has 140 valence electrons. The van der Waals surface area contributed by atoms with Crippen molar-refractivity contribution < 1.29 is 18.0 Å². The van der Waals surface area contributed by atoms with Crippen LogP contribution in [-0.2, 0) is 11.3 Å². The van der Waals surface area contributed by atoms with Crippen LogP contribution < -0.4 is 0 Å². The molecule has 1 amide bonds. The zero-order valence-corrected chi connectivity index (χ0v) is 14.6. The highest BCUT2D eigenvalue weighted by atomic mass is 19.3. The molecule has 1 aromatic rings. The molecule has 2 fully saturated rings. The molecule has 0 N–H and O–H groups in total. The number of hydrogen-bond acceptors (Lipinski definition) is 3. The molecule has 2 aliphatic rings. The second-order valence-electron chi connectivity index (χ2n) is 7.15. The third kappa shape index (κ3) is 4.36. The third-order valence-electron chi connectivity index (χ3n) is 5.32. The Hall–Kier alpha value is -2.07. The molecule has 0 spiro atoms. The molecule has 0 aliphatic carbocycles. The van der Waals surface area contributed by atoms with Crippen LogP contribution in [0.4, 0.5) is 13.2 Å². The summed E-state index contributed by atoms with van der Waals surface area (Å²) >= 11 is 0. The van der Waals surface area contributed by atoms with Gasteiger partial charge in [0.25, 0.3) is 5.92 Å². The van der Waals surface area contributed by atoms with Gasteiger partial charge in [-0.1, -0.05) is 6.07 Å². The number of carbonyl (C=O) groups is 1. The Bertz CT molecular complexity index is 698. The van der Waals surface area contributed by atoms with Crippen molar-refractivity contribution in [2.75, 3.05) is 26.2 Å². The lowest BCUT2D eigenvalue weighted by Gasteiger charge is -2.37. The minimum Gasteiger partial charge on any atom is -0.342 e. The quantitative estimate of drug-likeness (QED) is 0.827. The van der Waals surface area contributed by atoms with E-state index in [1.54, 1.807) is 17.0 Å². The van der Waals surface area contributed by atoms with Crippen molar-refractivity contribution in [3.63, 3.8) is 0 Å². The van der Waals surface area contributed by atoms with E-state index >= 15 is 0 Å². The van der Waals surface area contributed by atoms with Gasteiger partial charge in [0.2, 0.25) is 5.91 Å². The highest BCUT2D eigenvalue weighted by molar-refractivity contribution is 5.79. The molecule has 0 bridgehead atoms. The van der Waals surface area contributed by atoms with Crippen LogP contribution in [0, 0.1) is 23.1 Å². The van der Waals surface area contributed by atoms with Crippen molar-refractivity contribution in [3.05, 3.63) is 35.1 Å². The Morgan fingerprint density at radius 3 is 2.42 bits per heavy atom. The number of piperidine rings is 2. The van der Waals surface area contributed by atoms with Crippen molar-refractivity contribution in [1.29, 1.82) is 5.26 Å². The van der Waals surface area contributed by atoms with E-state index < -0.39 is 11.7 Å². The fourth-order valence-corrected chi connectivity index (χ4v) is 3.64. The van der Waals surface area contributed by atoms with Gasteiger partial charge < -0.3 is 4.90 Å². The average molecular weight is 365 g/mol. The Morgan fingerprint density at radius 1 is 1.19 bits per heavy atom.